The van der Waals surface area contributed by atoms with Gasteiger partial charge in [0.15, 0.2) is 0 Å². The average molecular weight is 396 g/mol. The molecule has 6 nitrogen and oxygen atoms in total. The summed E-state index contributed by atoms with van der Waals surface area (Å²) < 4.78 is 0. The van der Waals surface area contributed by atoms with Gasteiger partial charge < -0.3 is 15.1 Å². The van der Waals surface area contributed by atoms with Crippen molar-refractivity contribution in [2.24, 2.45) is 5.92 Å². The van der Waals surface area contributed by atoms with E-state index in [1.807, 2.05) is 26.1 Å². The van der Waals surface area contributed by atoms with Crippen LogP contribution in [-0.2, 0) is 0 Å². The molecule has 1 saturated heterocycles. The van der Waals surface area contributed by atoms with Crippen LogP contribution < -0.4 is 10.2 Å². The molecule has 1 amide bonds. The molecular weight excluding hydrogens is 362 g/mol. The molecule has 1 aromatic carbocycles. The molecule has 1 N–H and O–H groups in total. The van der Waals surface area contributed by atoms with Gasteiger partial charge in [-0.25, -0.2) is 9.97 Å². The molecule has 2 heterocycles. The van der Waals surface area contributed by atoms with E-state index in [4.69, 9.17) is 0 Å². The normalized spacial score (nSPS) is 14.7. The number of piperidine rings is 1. The number of unbranched alkanes of at least 4 members (excludes halogenated alkanes) is 1. The topological polar surface area (TPSA) is 61.4 Å². The van der Waals surface area contributed by atoms with Crippen LogP contribution in [0.4, 0.5) is 17.3 Å². The van der Waals surface area contributed by atoms with E-state index in [1.165, 1.54) is 18.5 Å². The van der Waals surface area contributed by atoms with E-state index in [0.717, 1.165) is 49.8 Å². The van der Waals surface area contributed by atoms with E-state index < -0.39 is 0 Å². The van der Waals surface area contributed by atoms with Crippen LogP contribution in [-0.4, -0.2) is 47.5 Å². The molecule has 29 heavy (non-hydrogen) atoms. The second-order valence-corrected chi connectivity index (χ2v) is 8.14. The van der Waals surface area contributed by atoms with Gasteiger partial charge in [-0.1, -0.05) is 20.3 Å². The third-order valence-electron chi connectivity index (χ3n) is 5.54. The van der Waals surface area contributed by atoms with Crippen LogP contribution in [0.15, 0.2) is 30.3 Å². The van der Waals surface area contributed by atoms with Crippen LogP contribution in [0.2, 0.25) is 0 Å². The summed E-state index contributed by atoms with van der Waals surface area (Å²) in [6, 6.07) is 10.1. The molecule has 0 radical (unpaired) electrons. The highest BCUT2D eigenvalue weighted by atomic mass is 16.2. The molecule has 0 bridgehead atoms. The SMILES string of the molecule is CCCCN(C)C(=O)c1cc(C)nc(Nc2ccc(N3CCC(C)CC3)cc2)n1. The van der Waals surface area contributed by atoms with Crippen LogP contribution in [0.5, 0.6) is 0 Å². The Morgan fingerprint density at radius 1 is 1.21 bits per heavy atom. The highest BCUT2D eigenvalue weighted by Gasteiger charge is 2.17. The average Bonchev–Trinajstić information content (AvgIpc) is 2.72. The maximum atomic E-state index is 12.7. The number of aryl methyl sites for hydroxylation is 1. The van der Waals surface area contributed by atoms with Gasteiger partial charge in [0, 0.05) is 43.8 Å². The quantitative estimate of drug-likeness (QED) is 0.740. The molecule has 0 unspecified atom stereocenters. The molecule has 0 atom stereocenters. The number of hydrogen-bond donors (Lipinski definition) is 1. The van der Waals surface area contributed by atoms with Gasteiger partial charge in [0.05, 0.1) is 0 Å². The Morgan fingerprint density at radius 3 is 2.55 bits per heavy atom. The zero-order valence-corrected chi connectivity index (χ0v) is 18.1. The largest absolute Gasteiger partial charge is 0.372 e. The van der Waals surface area contributed by atoms with Crippen molar-refractivity contribution in [3.8, 4) is 0 Å². The van der Waals surface area contributed by atoms with Gasteiger partial charge in [0.1, 0.15) is 5.69 Å². The number of aromatic nitrogens is 2. The predicted octanol–water partition coefficient (Wildman–Crippen LogP) is 4.64. The maximum absolute atomic E-state index is 12.7. The first kappa shape index (κ1) is 21.1. The Hall–Kier alpha value is -2.63. The lowest BCUT2D eigenvalue weighted by Crippen LogP contribution is -2.32. The molecule has 2 aromatic rings. The fourth-order valence-corrected chi connectivity index (χ4v) is 3.58. The van der Waals surface area contributed by atoms with Crippen LogP contribution in [0.1, 0.15) is 55.7 Å². The number of hydrogen-bond acceptors (Lipinski definition) is 5. The number of nitrogens with one attached hydrogen (secondary N) is 1. The second-order valence-electron chi connectivity index (χ2n) is 8.14. The van der Waals surface area contributed by atoms with Crippen molar-refractivity contribution in [2.45, 2.75) is 46.5 Å². The van der Waals surface area contributed by atoms with Gasteiger partial charge in [-0.15, -0.1) is 0 Å². The van der Waals surface area contributed by atoms with Gasteiger partial charge in [0.25, 0.3) is 5.91 Å². The van der Waals surface area contributed by atoms with Crippen LogP contribution in [0.25, 0.3) is 0 Å². The van der Waals surface area contributed by atoms with E-state index in [1.54, 1.807) is 11.0 Å². The fraction of sp³-hybridized carbons (Fsp3) is 0.522. The molecule has 0 spiro atoms. The molecule has 1 aliphatic rings. The Bertz CT molecular complexity index is 813. The van der Waals surface area contributed by atoms with Gasteiger partial charge >= 0.3 is 0 Å². The smallest absolute Gasteiger partial charge is 0.272 e. The van der Waals surface area contributed by atoms with Gasteiger partial charge in [-0.05, 0) is 62.4 Å². The Morgan fingerprint density at radius 2 is 1.90 bits per heavy atom. The van der Waals surface area contributed by atoms with Gasteiger partial charge in [-0.3, -0.25) is 4.79 Å². The van der Waals surface area contributed by atoms with Crippen molar-refractivity contribution in [1.82, 2.24) is 14.9 Å². The molecule has 0 saturated carbocycles. The highest BCUT2D eigenvalue weighted by Crippen LogP contribution is 2.25. The Kier molecular flexibility index (Phi) is 7.07. The van der Waals surface area contributed by atoms with Crippen molar-refractivity contribution < 1.29 is 4.79 Å². The van der Waals surface area contributed by atoms with Crippen molar-refractivity contribution in [2.75, 3.05) is 36.9 Å². The van der Waals surface area contributed by atoms with Crippen molar-refractivity contribution >= 4 is 23.2 Å². The number of benzene rings is 1. The summed E-state index contributed by atoms with van der Waals surface area (Å²) in [6.07, 6.45) is 4.54. The van der Waals surface area contributed by atoms with E-state index >= 15 is 0 Å². The Labute approximate surface area is 174 Å². The van der Waals surface area contributed by atoms with Crippen molar-refractivity contribution in [1.29, 1.82) is 0 Å². The minimum Gasteiger partial charge on any atom is -0.372 e. The summed E-state index contributed by atoms with van der Waals surface area (Å²) in [7, 11) is 1.82. The van der Waals surface area contributed by atoms with Crippen LogP contribution in [0.3, 0.4) is 0 Å². The standard InChI is InChI=1S/C23H33N5O/c1-5-6-13-27(4)22(29)21-16-18(3)24-23(26-21)25-19-7-9-20(10-8-19)28-14-11-17(2)12-15-28/h7-10,16-17H,5-6,11-15H2,1-4H3,(H,24,25,26). The molecule has 1 aromatic heterocycles. The van der Waals surface area contributed by atoms with Crippen molar-refractivity contribution in [3.63, 3.8) is 0 Å². The predicted molar refractivity (Wildman–Crippen MR) is 119 cm³/mol. The summed E-state index contributed by atoms with van der Waals surface area (Å²) in [4.78, 5) is 25.7. The Balaban J connectivity index is 1.68. The van der Waals surface area contributed by atoms with Gasteiger partial charge in [0.2, 0.25) is 5.95 Å². The number of nitrogens with zero attached hydrogens (tertiary/aromatic N) is 4. The van der Waals surface area contributed by atoms with Crippen LogP contribution >= 0.6 is 0 Å². The number of carbonyl (C=O) groups excluding carboxylic acids is 1. The molecule has 1 fully saturated rings. The van der Waals surface area contributed by atoms with E-state index in [2.05, 4.69) is 46.2 Å². The lowest BCUT2D eigenvalue weighted by atomic mass is 9.99. The van der Waals surface area contributed by atoms with E-state index in [-0.39, 0.29) is 5.91 Å². The summed E-state index contributed by atoms with van der Waals surface area (Å²) in [5.74, 6) is 1.21. The number of amides is 1. The zero-order valence-electron chi connectivity index (χ0n) is 18.1. The molecule has 0 aliphatic carbocycles. The van der Waals surface area contributed by atoms with E-state index in [9.17, 15) is 4.79 Å². The third-order valence-corrected chi connectivity index (χ3v) is 5.54. The number of rotatable bonds is 7. The third kappa shape index (κ3) is 5.68. The molecule has 1 aliphatic heterocycles. The molecule has 156 valence electrons. The summed E-state index contributed by atoms with van der Waals surface area (Å²) in [5, 5.41) is 3.25. The lowest BCUT2D eigenvalue weighted by Gasteiger charge is -2.32. The minimum absolute atomic E-state index is 0.0679. The van der Waals surface area contributed by atoms with Crippen molar-refractivity contribution in [3.05, 3.63) is 41.7 Å². The first-order chi connectivity index (χ1) is 14.0. The monoisotopic (exact) mass is 395 g/mol. The molecule has 6 heteroatoms. The summed E-state index contributed by atoms with van der Waals surface area (Å²) in [6.45, 7) is 9.30. The molecule has 3 rings (SSSR count). The first-order valence-electron chi connectivity index (χ1n) is 10.7. The molecular formula is C23H33N5O. The zero-order chi connectivity index (χ0) is 20.8. The first-order valence-corrected chi connectivity index (χ1v) is 10.7. The number of carbonyl (C=O) groups is 1. The summed E-state index contributed by atoms with van der Waals surface area (Å²) in [5.41, 5.74) is 3.37. The fourth-order valence-electron chi connectivity index (χ4n) is 3.58. The van der Waals surface area contributed by atoms with E-state index in [0.29, 0.717) is 11.6 Å². The highest BCUT2D eigenvalue weighted by molar-refractivity contribution is 5.92. The number of anilines is 3. The minimum atomic E-state index is -0.0679. The maximum Gasteiger partial charge on any atom is 0.272 e. The second kappa shape index (κ2) is 9.72. The van der Waals surface area contributed by atoms with Crippen LogP contribution in [0, 0.1) is 12.8 Å². The van der Waals surface area contributed by atoms with Gasteiger partial charge in [-0.2, -0.15) is 0 Å². The summed E-state index contributed by atoms with van der Waals surface area (Å²) >= 11 is 0. The lowest BCUT2D eigenvalue weighted by molar-refractivity contribution is 0.0787.